The van der Waals surface area contributed by atoms with E-state index in [-0.39, 0.29) is 0 Å². The van der Waals surface area contributed by atoms with Crippen LogP contribution < -0.4 is 5.32 Å². The molecule has 2 unspecified atom stereocenters. The van der Waals surface area contributed by atoms with Crippen LogP contribution in [-0.4, -0.2) is 62.7 Å². The number of nitrogens with zero attached hydrogens (tertiary/aromatic N) is 2. The van der Waals surface area contributed by atoms with Gasteiger partial charge in [-0.05, 0) is 25.9 Å². The first-order valence-electron chi connectivity index (χ1n) is 6.62. The van der Waals surface area contributed by atoms with Gasteiger partial charge >= 0.3 is 0 Å². The average molecular weight is 227 g/mol. The first-order valence-corrected chi connectivity index (χ1v) is 6.62. The lowest BCUT2D eigenvalue weighted by Gasteiger charge is -2.37. The van der Waals surface area contributed by atoms with Crippen molar-refractivity contribution in [2.24, 2.45) is 11.8 Å². The van der Waals surface area contributed by atoms with Crippen LogP contribution in [0.15, 0.2) is 0 Å². The molecule has 0 aromatic carbocycles. The Morgan fingerprint density at radius 3 is 2.12 bits per heavy atom. The molecule has 0 saturated carbocycles. The monoisotopic (exact) mass is 227 g/mol. The summed E-state index contributed by atoms with van der Waals surface area (Å²) in [5, 5.41) is 3.41. The van der Waals surface area contributed by atoms with Gasteiger partial charge in [0.1, 0.15) is 0 Å². The smallest absolute Gasteiger partial charge is 0.0150 e. The molecular formula is C13H29N3. The second-order valence-corrected chi connectivity index (χ2v) is 5.73. The van der Waals surface area contributed by atoms with Gasteiger partial charge in [0.2, 0.25) is 0 Å². The molecular weight excluding hydrogens is 198 g/mol. The standard InChI is InChI=1S/C13H29N3/c1-11(2)13(15(4)5)12(3)10-16-8-6-14-7-9-16/h11-14H,6-10H2,1-5H3. The van der Waals surface area contributed by atoms with Gasteiger partial charge in [-0.2, -0.15) is 0 Å². The highest BCUT2D eigenvalue weighted by molar-refractivity contribution is 4.80. The number of hydrogen-bond acceptors (Lipinski definition) is 3. The van der Waals surface area contributed by atoms with Crippen LogP contribution in [0.1, 0.15) is 20.8 Å². The molecule has 3 heteroatoms. The third kappa shape index (κ3) is 4.04. The Hall–Kier alpha value is -0.120. The molecule has 16 heavy (non-hydrogen) atoms. The third-order valence-corrected chi connectivity index (χ3v) is 3.62. The van der Waals surface area contributed by atoms with Crippen molar-refractivity contribution in [1.82, 2.24) is 15.1 Å². The van der Waals surface area contributed by atoms with Gasteiger partial charge in [-0.25, -0.2) is 0 Å². The Labute approximate surface area is 101 Å². The summed E-state index contributed by atoms with van der Waals surface area (Å²) < 4.78 is 0. The van der Waals surface area contributed by atoms with Gasteiger partial charge in [0.25, 0.3) is 0 Å². The van der Waals surface area contributed by atoms with Crippen LogP contribution in [0.2, 0.25) is 0 Å². The Bertz CT molecular complexity index is 178. The molecule has 3 nitrogen and oxygen atoms in total. The highest BCUT2D eigenvalue weighted by Crippen LogP contribution is 2.18. The summed E-state index contributed by atoms with van der Waals surface area (Å²) in [6.45, 7) is 13.0. The fourth-order valence-corrected chi connectivity index (χ4v) is 3.17. The molecule has 1 rings (SSSR count). The molecule has 0 amide bonds. The van der Waals surface area contributed by atoms with Crippen LogP contribution in [0, 0.1) is 11.8 Å². The van der Waals surface area contributed by atoms with Crippen LogP contribution in [0.3, 0.4) is 0 Å². The van der Waals surface area contributed by atoms with E-state index >= 15 is 0 Å². The molecule has 96 valence electrons. The van der Waals surface area contributed by atoms with Crippen molar-refractivity contribution in [3.8, 4) is 0 Å². The predicted octanol–water partition coefficient (Wildman–Crippen LogP) is 1.11. The number of rotatable bonds is 5. The molecule has 0 aromatic heterocycles. The van der Waals surface area contributed by atoms with Crippen molar-refractivity contribution >= 4 is 0 Å². The minimum absolute atomic E-state index is 0.690. The number of hydrogen-bond donors (Lipinski definition) is 1. The van der Waals surface area contributed by atoms with E-state index in [1.807, 2.05) is 0 Å². The van der Waals surface area contributed by atoms with Crippen LogP contribution in [0.25, 0.3) is 0 Å². The van der Waals surface area contributed by atoms with Crippen LogP contribution in [0.4, 0.5) is 0 Å². The lowest BCUT2D eigenvalue weighted by molar-refractivity contribution is 0.119. The van der Waals surface area contributed by atoms with Crippen molar-refractivity contribution in [2.45, 2.75) is 26.8 Å². The first kappa shape index (κ1) is 13.9. The van der Waals surface area contributed by atoms with E-state index in [0.29, 0.717) is 6.04 Å². The summed E-state index contributed by atoms with van der Waals surface area (Å²) in [5.41, 5.74) is 0. The second-order valence-electron chi connectivity index (χ2n) is 5.73. The van der Waals surface area contributed by atoms with Crippen molar-refractivity contribution in [3.05, 3.63) is 0 Å². The molecule has 1 fully saturated rings. The van der Waals surface area contributed by atoms with Gasteiger partial charge in [-0.15, -0.1) is 0 Å². The summed E-state index contributed by atoms with van der Waals surface area (Å²) >= 11 is 0. The molecule has 0 radical (unpaired) electrons. The average Bonchev–Trinajstić information content (AvgIpc) is 2.17. The summed E-state index contributed by atoms with van der Waals surface area (Å²) in [6.07, 6.45) is 0. The number of nitrogens with one attached hydrogen (secondary N) is 1. The maximum atomic E-state index is 3.41. The van der Waals surface area contributed by atoms with Gasteiger partial charge in [0, 0.05) is 38.8 Å². The predicted molar refractivity (Wildman–Crippen MR) is 70.8 cm³/mol. The molecule has 2 atom stereocenters. The first-order chi connectivity index (χ1) is 7.52. The summed E-state index contributed by atoms with van der Waals surface area (Å²) in [6, 6.07) is 0.690. The van der Waals surface area contributed by atoms with E-state index < -0.39 is 0 Å². The highest BCUT2D eigenvalue weighted by atomic mass is 15.2. The third-order valence-electron chi connectivity index (χ3n) is 3.62. The van der Waals surface area contributed by atoms with Gasteiger partial charge in [0.15, 0.2) is 0 Å². The molecule has 0 aromatic rings. The van der Waals surface area contributed by atoms with Gasteiger partial charge < -0.3 is 15.1 Å². The molecule has 1 aliphatic heterocycles. The molecule has 0 aliphatic carbocycles. The Balaban J connectivity index is 2.44. The van der Waals surface area contributed by atoms with Crippen molar-refractivity contribution in [1.29, 1.82) is 0 Å². The van der Waals surface area contributed by atoms with Crippen molar-refractivity contribution in [2.75, 3.05) is 46.8 Å². The van der Waals surface area contributed by atoms with E-state index in [9.17, 15) is 0 Å². The van der Waals surface area contributed by atoms with Crippen LogP contribution in [-0.2, 0) is 0 Å². The molecule has 1 saturated heterocycles. The van der Waals surface area contributed by atoms with Gasteiger partial charge in [-0.1, -0.05) is 20.8 Å². The van der Waals surface area contributed by atoms with Crippen LogP contribution >= 0.6 is 0 Å². The molecule has 0 spiro atoms. The summed E-state index contributed by atoms with van der Waals surface area (Å²) in [4.78, 5) is 4.98. The Morgan fingerprint density at radius 2 is 1.69 bits per heavy atom. The van der Waals surface area contributed by atoms with Gasteiger partial charge in [-0.3, -0.25) is 0 Å². The largest absolute Gasteiger partial charge is 0.314 e. The fourth-order valence-electron chi connectivity index (χ4n) is 3.17. The Kier molecular flexibility index (Phi) is 5.73. The quantitative estimate of drug-likeness (QED) is 0.759. The highest BCUT2D eigenvalue weighted by Gasteiger charge is 2.24. The fraction of sp³-hybridized carbons (Fsp3) is 1.00. The van der Waals surface area contributed by atoms with E-state index in [1.54, 1.807) is 0 Å². The van der Waals surface area contributed by atoms with Crippen molar-refractivity contribution in [3.63, 3.8) is 0 Å². The minimum atomic E-state index is 0.690. The van der Waals surface area contributed by atoms with Crippen molar-refractivity contribution < 1.29 is 0 Å². The topological polar surface area (TPSA) is 18.5 Å². The molecule has 1 heterocycles. The zero-order valence-electron chi connectivity index (χ0n) is 11.7. The second kappa shape index (κ2) is 6.58. The summed E-state index contributed by atoms with van der Waals surface area (Å²) in [5.74, 6) is 1.47. The molecule has 1 N–H and O–H groups in total. The van der Waals surface area contributed by atoms with E-state index in [0.717, 1.165) is 24.9 Å². The maximum Gasteiger partial charge on any atom is 0.0150 e. The zero-order chi connectivity index (χ0) is 12.1. The van der Waals surface area contributed by atoms with E-state index in [2.05, 4.69) is 50.0 Å². The molecule has 0 bridgehead atoms. The Morgan fingerprint density at radius 1 is 1.12 bits per heavy atom. The normalized spacial score (nSPS) is 22.7. The molecule has 1 aliphatic rings. The lowest BCUT2D eigenvalue weighted by atomic mass is 9.90. The lowest BCUT2D eigenvalue weighted by Crippen LogP contribution is -2.49. The van der Waals surface area contributed by atoms with Crippen LogP contribution in [0.5, 0.6) is 0 Å². The SMILES string of the molecule is CC(C)C(C(C)CN1CCNCC1)N(C)C. The number of piperazine rings is 1. The maximum absolute atomic E-state index is 3.41. The van der Waals surface area contributed by atoms with E-state index in [1.165, 1.54) is 19.6 Å². The minimum Gasteiger partial charge on any atom is -0.314 e. The zero-order valence-corrected chi connectivity index (χ0v) is 11.7. The van der Waals surface area contributed by atoms with Gasteiger partial charge in [0.05, 0.1) is 0 Å². The van der Waals surface area contributed by atoms with E-state index in [4.69, 9.17) is 0 Å². The summed E-state index contributed by atoms with van der Waals surface area (Å²) in [7, 11) is 4.41.